The molecule has 0 aliphatic carbocycles. The summed E-state index contributed by atoms with van der Waals surface area (Å²) < 4.78 is 49.0. The van der Waals surface area contributed by atoms with Gasteiger partial charge in [0, 0.05) is 35.5 Å². The monoisotopic (exact) mass is 529 g/mol. The van der Waals surface area contributed by atoms with Gasteiger partial charge in [-0.15, -0.1) is 0 Å². The second-order valence-corrected chi connectivity index (χ2v) is 10.2. The van der Waals surface area contributed by atoms with E-state index in [0.29, 0.717) is 30.5 Å². The van der Waals surface area contributed by atoms with E-state index in [1.54, 1.807) is 13.2 Å². The van der Waals surface area contributed by atoms with E-state index < -0.39 is 15.9 Å². The zero-order valence-corrected chi connectivity index (χ0v) is 21.8. The van der Waals surface area contributed by atoms with Crippen molar-refractivity contribution in [3.8, 4) is 11.5 Å². The molecular weight excluding hydrogens is 502 g/mol. The van der Waals surface area contributed by atoms with Gasteiger partial charge in [-0.05, 0) is 49.8 Å². The number of rotatable bonds is 10. The number of aromatic nitrogens is 2. The van der Waals surface area contributed by atoms with Crippen molar-refractivity contribution >= 4 is 44.5 Å². The van der Waals surface area contributed by atoms with Crippen LogP contribution in [0.1, 0.15) is 19.2 Å². The number of benzene rings is 2. The molecule has 190 valence electrons. The Morgan fingerprint density at radius 2 is 2.06 bits per heavy atom. The van der Waals surface area contributed by atoms with Gasteiger partial charge in [0.15, 0.2) is 16.8 Å². The van der Waals surface area contributed by atoms with Crippen LogP contribution in [0.5, 0.6) is 11.5 Å². The fourth-order valence-electron chi connectivity index (χ4n) is 4.34. The van der Waals surface area contributed by atoms with E-state index in [1.807, 2.05) is 66.1 Å². The summed E-state index contributed by atoms with van der Waals surface area (Å²) in [6, 6.07) is 11.2. The minimum absolute atomic E-state index is 0.183. The van der Waals surface area contributed by atoms with Crippen LogP contribution in [0.3, 0.4) is 0 Å². The van der Waals surface area contributed by atoms with Gasteiger partial charge in [0.25, 0.3) is 5.82 Å². The highest BCUT2D eigenvalue weighted by Gasteiger charge is 2.26. The summed E-state index contributed by atoms with van der Waals surface area (Å²) in [5.41, 5.74) is 2.69. The summed E-state index contributed by atoms with van der Waals surface area (Å²) in [7, 11) is -2.68. The Bertz CT molecular complexity index is 1460. The molecule has 2 heterocycles. The molecule has 2 aromatic carbocycles. The fourth-order valence-corrected chi connectivity index (χ4v) is 4.99. The molecule has 10 heteroatoms. The van der Waals surface area contributed by atoms with Gasteiger partial charge in [-0.25, -0.2) is 17.6 Å². The van der Waals surface area contributed by atoms with Crippen LogP contribution in [0.4, 0.5) is 5.69 Å². The topological polar surface area (TPSA) is 87.7 Å². The summed E-state index contributed by atoms with van der Waals surface area (Å²) in [6.45, 7) is 7.49. The van der Waals surface area contributed by atoms with E-state index in [-0.39, 0.29) is 6.42 Å². The first-order valence-electron chi connectivity index (χ1n) is 11.5. The number of hydrogen-bond donors (Lipinski definition) is 0. The van der Waals surface area contributed by atoms with Crippen LogP contribution in [0, 0.1) is 0 Å². The summed E-state index contributed by atoms with van der Waals surface area (Å²) in [4.78, 5) is 2.05. The number of aryl methyl sites for hydroxylation is 1. The second kappa shape index (κ2) is 10.8. The second-order valence-electron chi connectivity index (χ2n) is 8.20. The van der Waals surface area contributed by atoms with Gasteiger partial charge >= 0.3 is 0 Å². The lowest BCUT2D eigenvalue weighted by atomic mass is 10.2. The maximum atomic E-state index is 11.2. The van der Waals surface area contributed by atoms with Crippen LogP contribution < -0.4 is 18.9 Å². The van der Waals surface area contributed by atoms with Gasteiger partial charge in [0.05, 0.1) is 29.5 Å². The molecule has 4 rings (SSSR count). The van der Waals surface area contributed by atoms with Crippen molar-refractivity contribution in [3.05, 3.63) is 77.9 Å². The number of nitrogens with zero attached hydrogens (tertiary/aromatic N) is 3. The van der Waals surface area contributed by atoms with Crippen LogP contribution in [0.25, 0.3) is 17.1 Å². The molecular formula is C26H28ClN3O5S. The first-order valence-corrected chi connectivity index (χ1v) is 13.5. The number of hydrogen-bond acceptors (Lipinski definition) is 6. The predicted molar refractivity (Wildman–Crippen MR) is 140 cm³/mol. The van der Waals surface area contributed by atoms with Gasteiger partial charge < -0.3 is 18.9 Å². The van der Waals surface area contributed by atoms with E-state index >= 15 is 0 Å². The molecule has 36 heavy (non-hydrogen) atoms. The number of fused-ring (bicyclic) bond motifs is 2. The minimum Gasteiger partial charge on any atom is -0.748 e. The lowest BCUT2D eigenvalue weighted by Crippen LogP contribution is -2.35. The lowest BCUT2D eigenvalue weighted by Gasteiger charge is -2.15. The van der Waals surface area contributed by atoms with Gasteiger partial charge in [0.2, 0.25) is 5.88 Å². The standard InChI is InChI=1S/C26H28ClN3O5S/c1-4-14-29-21-12-10-19(27)17-22(21)30(15-7-16-36(31,32)33)25(29)8-6-9-26-28(5-2)23-18-20(34-3)11-13-24(23)35-26/h4,6,8-13,17-18H,1,5,7,14-16H2,2-3H3. The van der Waals surface area contributed by atoms with Crippen LogP contribution >= 0.6 is 11.6 Å². The molecule has 1 aliphatic rings. The van der Waals surface area contributed by atoms with Crippen molar-refractivity contribution in [2.24, 2.45) is 0 Å². The van der Waals surface area contributed by atoms with Gasteiger partial charge in [-0.2, -0.15) is 0 Å². The zero-order chi connectivity index (χ0) is 25.9. The van der Waals surface area contributed by atoms with Crippen molar-refractivity contribution in [2.45, 2.75) is 26.4 Å². The highest BCUT2D eigenvalue weighted by molar-refractivity contribution is 7.85. The molecule has 8 nitrogen and oxygen atoms in total. The molecule has 1 aromatic heterocycles. The Hall–Kier alpha value is -3.27. The summed E-state index contributed by atoms with van der Waals surface area (Å²) in [5, 5.41) is 0.562. The highest BCUT2D eigenvalue weighted by Crippen LogP contribution is 2.41. The Labute approximate surface area is 216 Å². The Morgan fingerprint density at radius 1 is 1.25 bits per heavy atom. The van der Waals surface area contributed by atoms with E-state index in [0.717, 1.165) is 34.0 Å². The molecule has 0 amide bonds. The molecule has 0 unspecified atom stereocenters. The SMILES string of the molecule is C=CC[n+]1c(/C=C/C=C2\Oc3ccc(OC)cc3N2CC)n(CCCS(=O)(=O)[O-])c2cc(Cl)ccc21. The van der Waals surface area contributed by atoms with Gasteiger partial charge in [-0.1, -0.05) is 24.3 Å². The van der Waals surface area contributed by atoms with Crippen molar-refractivity contribution in [1.29, 1.82) is 0 Å². The average Bonchev–Trinajstić information content (AvgIpc) is 3.32. The van der Waals surface area contributed by atoms with Gasteiger partial charge in [0.1, 0.15) is 12.3 Å². The molecule has 0 saturated carbocycles. The summed E-state index contributed by atoms with van der Waals surface area (Å²) in [6.07, 6.45) is 7.67. The fraction of sp³-hybridized carbons (Fsp3) is 0.269. The Balaban J connectivity index is 1.73. The third-order valence-corrected chi connectivity index (χ3v) is 6.92. The number of imidazole rings is 1. The van der Waals surface area contributed by atoms with Crippen molar-refractivity contribution in [2.75, 3.05) is 24.3 Å². The Morgan fingerprint density at radius 3 is 2.75 bits per heavy atom. The maximum Gasteiger partial charge on any atom is 0.282 e. The molecule has 0 atom stereocenters. The van der Waals surface area contributed by atoms with Crippen molar-refractivity contribution < 1.29 is 27.0 Å². The van der Waals surface area contributed by atoms with Crippen molar-refractivity contribution in [3.63, 3.8) is 0 Å². The third kappa shape index (κ3) is 5.43. The number of halogens is 1. The first kappa shape index (κ1) is 25.8. The quantitative estimate of drug-likeness (QED) is 0.218. The Kier molecular flexibility index (Phi) is 7.73. The zero-order valence-electron chi connectivity index (χ0n) is 20.2. The molecule has 3 aromatic rings. The predicted octanol–water partition coefficient (Wildman–Crippen LogP) is 4.49. The largest absolute Gasteiger partial charge is 0.748 e. The molecule has 0 bridgehead atoms. The molecule has 0 saturated heterocycles. The molecule has 0 radical (unpaired) electrons. The maximum absolute atomic E-state index is 11.2. The first-order chi connectivity index (χ1) is 17.3. The number of ether oxygens (including phenoxy) is 2. The minimum atomic E-state index is -4.31. The number of anilines is 1. The smallest absolute Gasteiger partial charge is 0.282 e. The molecule has 0 spiro atoms. The number of methoxy groups -OCH3 is 1. The van der Waals surface area contributed by atoms with E-state index in [4.69, 9.17) is 21.1 Å². The van der Waals surface area contributed by atoms with Crippen molar-refractivity contribution in [1.82, 2.24) is 4.57 Å². The molecule has 0 fully saturated rings. The highest BCUT2D eigenvalue weighted by atomic mass is 35.5. The van der Waals surface area contributed by atoms with Crippen LogP contribution in [-0.4, -0.2) is 36.9 Å². The molecule has 0 N–H and O–H groups in total. The third-order valence-electron chi connectivity index (χ3n) is 5.90. The number of allylic oxidation sites excluding steroid dienone is 3. The summed E-state index contributed by atoms with van der Waals surface area (Å²) in [5.74, 6) is 2.55. The summed E-state index contributed by atoms with van der Waals surface area (Å²) >= 11 is 6.28. The van der Waals surface area contributed by atoms with Gasteiger partial charge in [-0.3, -0.25) is 0 Å². The normalized spacial score (nSPS) is 14.6. The lowest BCUT2D eigenvalue weighted by molar-refractivity contribution is -0.663. The molecule has 1 aliphatic heterocycles. The van der Waals surface area contributed by atoms with Crippen LogP contribution in [0.2, 0.25) is 5.02 Å². The van der Waals surface area contributed by atoms with E-state index in [1.165, 1.54) is 0 Å². The van der Waals surface area contributed by atoms with Crippen LogP contribution in [0.15, 0.2) is 67.1 Å². The van der Waals surface area contributed by atoms with E-state index in [9.17, 15) is 13.0 Å². The van der Waals surface area contributed by atoms with Crippen LogP contribution in [-0.2, 0) is 23.2 Å². The average molecular weight is 530 g/mol. The van der Waals surface area contributed by atoms with E-state index in [2.05, 4.69) is 16.0 Å².